The normalized spacial score (nSPS) is 12.2. The molecular formula is C11H22N4O2S. The monoisotopic (exact) mass is 274 g/mol. The largest absolute Gasteiger partial charge is 0.315 e. The fraction of sp³-hybridized carbons (Fsp3) is 0.727. The fourth-order valence-corrected chi connectivity index (χ4v) is 2.80. The van der Waals surface area contributed by atoms with Crippen molar-refractivity contribution < 1.29 is 8.42 Å². The third-order valence-corrected chi connectivity index (χ3v) is 4.43. The number of nitrogens with one attached hydrogen (secondary N) is 1. The molecule has 0 aliphatic rings. The van der Waals surface area contributed by atoms with Crippen molar-refractivity contribution in [2.75, 3.05) is 26.7 Å². The van der Waals surface area contributed by atoms with Crippen LogP contribution in [0, 0.1) is 0 Å². The average Bonchev–Trinajstić information content (AvgIpc) is 2.79. The topological polar surface area (TPSA) is 67.2 Å². The minimum Gasteiger partial charge on any atom is -0.315 e. The van der Waals surface area contributed by atoms with Gasteiger partial charge in [0.2, 0.25) is 10.0 Å². The van der Waals surface area contributed by atoms with E-state index >= 15 is 0 Å². The van der Waals surface area contributed by atoms with Crippen LogP contribution < -0.4 is 5.32 Å². The van der Waals surface area contributed by atoms with Crippen LogP contribution in [0.15, 0.2) is 17.3 Å². The van der Waals surface area contributed by atoms with Crippen molar-refractivity contribution in [1.82, 2.24) is 19.4 Å². The first kappa shape index (κ1) is 15.1. The van der Waals surface area contributed by atoms with Gasteiger partial charge in [-0.25, -0.2) is 12.7 Å². The van der Waals surface area contributed by atoms with E-state index in [1.807, 2.05) is 13.8 Å². The van der Waals surface area contributed by atoms with Gasteiger partial charge in [0.05, 0.1) is 12.7 Å². The van der Waals surface area contributed by atoms with Gasteiger partial charge in [-0.1, -0.05) is 13.8 Å². The van der Waals surface area contributed by atoms with E-state index in [1.54, 1.807) is 17.9 Å². The molecule has 1 aromatic heterocycles. The van der Waals surface area contributed by atoms with E-state index in [0.29, 0.717) is 13.1 Å². The molecule has 1 heterocycles. The highest BCUT2D eigenvalue weighted by molar-refractivity contribution is 7.89. The Bertz CT molecular complexity index is 455. The van der Waals surface area contributed by atoms with Gasteiger partial charge >= 0.3 is 0 Å². The van der Waals surface area contributed by atoms with Gasteiger partial charge in [0.15, 0.2) is 0 Å². The van der Waals surface area contributed by atoms with Gasteiger partial charge in [0.25, 0.3) is 0 Å². The molecule has 1 aromatic rings. The van der Waals surface area contributed by atoms with Gasteiger partial charge < -0.3 is 5.32 Å². The summed E-state index contributed by atoms with van der Waals surface area (Å²) in [5.74, 6) is 0. The van der Waals surface area contributed by atoms with Gasteiger partial charge in [0.1, 0.15) is 4.90 Å². The van der Waals surface area contributed by atoms with Crippen LogP contribution in [-0.2, 0) is 16.6 Å². The molecule has 18 heavy (non-hydrogen) atoms. The smallest absolute Gasteiger partial charge is 0.245 e. The third kappa shape index (κ3) is 3.79. The van der Waals surface area contributed by atoms with Crippen molar-refractivity contribution >= 4 is 10.0 Å². The highest BCUT2D eigenvalue weighted by Gasteiger charge is 2.21. The molecule has 0 saturated carbocycles. The molecule has 0 radical (unpaired) electrons. The maximum absolute atomic E-state index is 12.1. The van der Waals surface area contributed by atoms with Crippen molar-refractivity contribution in [2.24, 2.45) is 0 Å². The molecule has 0 fully saturated rings. The van der Waals surface area contributed by atoms with Crippen molar-refractivity contribution in [3.8, 4) is 0 Å². The molecule has 0 unspecified atom stereocenters. The predicted molar refractivity (Wildman–Crippen MR) is 70.9 cm³/mol. The number of sulfonamides is 1. The van der Waals surface area contributed by atoms with E-state index in [4.69, 9.17) is 0 Å². The summed E-state index contributed by atoms with van der Waals surface area (Å²) < 4.78 is 27.3. The SMILES string of the molecule is CCCN(C)S(=O)(=O)c1cnn(CCNCC)c1. The molecule has 104 valence electrons. The lowest BCUT2D eigenvalue weighted by molar-refractivity contribution is 0.468. The molecule has 0 aliphatic heterocycles. The molecule has 0 aliphatic carbocycles. The molecule has 0 atom stereocenters. The minimum absolute atomic E-state index is 0.259. The molecule has 1 rings (SSSR count). The summed E-state index contributed by atoms with van der Waals surface area (Å²) in [6.45, 7) is 6.84. The van der Waals surface area contributed by atoms with Crippen LogP contribution in [0.1, 0.15) is 20.3 Å². The molecular weight excluding hydrogens is 252 g/mol. The zero-order valence-electron chi connectivity index (χ0n) is 11.3. The van der Waals surface area contributed by atoms with Crippen LogP contribution in [-0.4, -0.2) is 49.2 Å². The van der Waals surface area contributed by atoms with Crippen LogP contribution >= 0.6 is 0 Å². The second kappa shape index (κ2) is 6.86. The predicted octanol–water partition coefficient (Wildman–Crippen LogP) is 0.523. The summed E-state index contributed by atoms with van der Waals surface area (Å²) in [6.07, 6.45) is 3.79. The van der Waals surface area contributed by atoms with E-state index in [9.17, 15) is 8.42 Å². The van der Waals surface area contributed by atoms with Crippen LogP contribution in [0.4, 0.5) is 0 Å². The van der Waals surface area contributed by atoms with E-state index in [2.05, 4.69) is 10.4 Å². The molecule has 1 N–H and O–H groups in total. The van der Waals surface area contributed by atoms with E-state index in [-0.39, 0.29) is 4.90 Å². The summed E-state index contributed by atoms with van der Waals surface area (Å²) in [5, 5.41) is 7.23. The summed E-state index contributed by atoms with van der Waals surface area (Å²) in [6, 6.07) is 0. The molecule has 0 aromatic carbocycles. The number of rotatable bonds is 8. The molecule has 0 bridgehead atoms. The van der Waals surface area contributed by atoms with Crippen molar-refractivity contribution in [2.45, 2.75) is 31.7 Å². The van der Waals surface area contributed by atoms with Crippen molar-refractivity contribution in [3.05, 3.63) is 12.4 Å². The van der Waals surface area contributed by atoms with E-state index in [1.165, 1.54) is 10.5 Å². The highest BCUT2D eigenvalue weighted by Crippen LogP contribution is 2.13. The van der Waals surface area contributed by atoms with Gasteiger partial charge in [-0.3, -0.25) is 4.68 Å². The summed E-state index contributed by atoms with van der Waals surface area (Å²) >= 11 is 0. The quantitative estimate of drug-likeness (QED) is 0.702. The maximum atomic E-state index is 12.1. The highest BCUT2D eigenvalue weighted by atomic mass is 32.2. The van der Waals surface area contributed by atoms with Crippen molar-refractivity contribution in [1.29, 1.82) is 0 Å². The second-order valence-electron chi connectivity index (χ2n) is 4.12. The first-order valence-electron chi connectivity index (χ1n) is 6.21. The van der Waals surface area contributed by atoms with Gasteiger partial charge in [-0.15, -0.1) is 0 Å². The number of likely N-dealkylation sites (N-methyl/N-ethyl adjacent to an activating group) is 1. The number of hydrogen-bond acceptors (Lipinski definition) is 4. The first-order chi connectivity index (χ1) is 8.52. The standard InChI is InChI=1S/C11H22N4O2S/c1-4-7-14(3)18(16,17)11-9-13-15(10-11)8-6-12-5-2/h9-10,12H,4-8H2,1-3H3. The Kier molecular flexibility index (Phi) is 5.77. The summed E-state index contributed by atoms with van der Waals surface area (Å²) in [5.41, 5.74) is 0. The number of nitrogens with zero attached hydrogens (tertiary/aromatic N) is 3. The van der Waals surface area contributed by atoms with Crippen molar-refractivity contribution in [3.63, 3.8) is 0 Å². The molecule has 7 heteroatoms. The lowest BCUT2D eigenvalue weighted by Crippen LogP contribution is -2.27. The lowest BCUT2D eigenvalue weighted by atomic mass is 10.5. The number of aromatic nitrogens is 2. The Hall–Kier alpha value is -0.920. The molecule has 6 nitrogen and oxygen atoms in total. The Morgan fingerprint density at radius 3 is 2.78 bits per heavy atom. The fourth-order valence-electron chi connectivity index (χ4n) is 1.59. The first-order valence-corrected chi connectivity index (χ1v) is 7.65. The van der Waals surface area contributed by atoms with Crippen LogP contribution in [0.5, 0.6) is 0 Å². The Morgan fingerprint density at radius 1 is 1.44 bits per heavy atom. The van der Waals surface area contributed by atoms with Crippen LogP contribution in [0.25, 0.3) is 0 Å². The zero-order valence-corrected chi connectivity index (χ0v) is 12.1. The molecule has 0 saturated heterocycles. The lowest BCUT2D eigenvalue weighted by Gasteiger charge is -2.14. The Morgan fingerprint density at radius 2 is 2.17 bits per heavy atom. The Balaban J connectivity index is 2.72. The average molecular weight is 274 g/mol. The third-order valence-electron chi connectivity index (χ3n) is 2.62. The van der Waals surface area contributed by atoms with Gasteiger partial charge in [-0.2, -0.15) is 5.10 Å². The molecule has 0 amide bonds. The maximum Gasteiger partial charge on any atom is 0.245 e. The Labute approximate surface area is 109 Å². The molecule has 0 spiro atoms. The van der Waals surface area contributed by atoms with Gasteiger partial charge in [-0.05, 0) is 13.0 Å². The summed E-state index contributed by atoms with van der Waals surface area (Å²) in [7, 11) is -1.79. The minimum atomic E-state index is -3.38. The van der Waals surface area contributed by atoms with E-state index in [0.717, 1.165) is 19.5 Å². The van der Waals surface area contributed by atoms with Crippen LogP contribution in [0.3, 0.4) is 0 Å². The van der Waals surface area contributed by atoms with E-state index < -0.39 is 10.0 Å². The zero-order chi connectivity index (χ0) is 13.6. The summed E-state index contributed by atoms with van der Waals surface area (Å²) in [4.78, 5) is 0.259. The second-order valence-corrected chi connectivity index (χ2v) is 6.16. The van der Waals surface area contributed by atoms with Crippen LogP contribution in [0.2, 0.25) is 0 Å². The van der Waals surface area contributed by atoms with Gasteiger partial charge in [0, 0.05) is 26.3 Å². The number of hydrogen-bond donors (Lipinski definition) is 1.